The van der Waals surface area contributed by atoms with Crippen molar-refractivity contribution in [1.82, 2.24) is 15.1 Å². The van der Waals surface area contributed by atoms with Gasteiger partial charge in [0.05, 0.1) is 13.0 Å². The molecule has 184 valence electrons. The topological polar surface area (TPSA) is 61.9 Å². The lowest BCUT2D eigenvalue weighted by Crippen LogP contribution is -2.48. The predicted molar refractivity (Wildman–Crippen MR) is 136 cm³/mol. The van der Waals surface area contributed by atoms with Gasteiger partial charge in [-0.1, -0.05) is 62.4 Å². The highest BCUT2D eigenvalue weighted by Crippen LogP contribution is 2.19. The molecule has 1 aliphatic heterocycles. The summed E-state index contributed by atoms with van der Waals surface area (Å²) in [5.41, 5.74) is 1.29. The minimum Gasteiger partial charge on any atom is -0.493 e. The molecule has 0 saturated carbocycles. The summed E-state index contributed by atoms with van der Waals surface area (Å²) in [4.78, 5) is 29.7. The molecule has 3 rings (SSSR count). The van der Waals surface area contributed by atoms with Crippen molar-refractivity contribution < 1.29 is 14.3 Å². The molecule has 0 bridgehead atoms. The maximum absolute atomic E-state index is 12.9. The Labute approximate surface area is 204 Å². The van der Waals surface area contributed by atoms with E-state index in [0.29, 0.717) is 45.5 Å². The van der Waals surface area contributed by atoms with Crippen molar-refractivity contribution in [1.29, 1.82) is 0 Å². The summed E-state index contributed by atoms with van der Waals surface area (Å²) in [7, 11) is 0. The number of amides is 2. The highest BCUT2D eigenvalue weighted by molar-refractivity contribution is 5.80. The third kappa shape index (κ3) is 7.87. The normalized spacial score (nSPS) is 15.2. The summed E-state index contributed by atoms with van der Waals surface area (Å²) < 4.78 is 5.65. The Morgan fingerprint density at radius 1 is 1.00 bits per heavy atom. The van der Waals surface area contributed by atoms with Gasteiger partial charge in [0.15, 0.2) is 0 Å². The fourth-order valence-corrected chi connectivity index (χ4v) is 4.64. The number of ether oxygens (including phenoxy) is 1. The fourth-order valence-electron chi connectivity index (χ4n) is 4.64. The van der Waals surface area contributed by atoms with Crippen LogP contribution in [0.5, 0.6) is 5.75 Å². The standard InChI is InChI=1S/C28H39N3O3/c1-3-30(4-2)25(21-23-11-7-5-8-12-23)22-29-28(33)24-15-18-31(19-16-24)27(32)17-20-34-26-13-9-6-10-14-26/h5-14,24-25H,3-4,15-22H2,1-2H3,(H,29,33). The number of hydrogen-bond acceptors (Lipinski definition) is 4. The Kier molecular flexibility index (Phi) is 10.4. The van der Waals surface area contributed by atoms with Gasteiger partial charge in [-0.2, -0.15) is 0 Å². The Hall–Kier alpha value is -2.86. The SMILES string of the molecule is CCN(CC)C(CNC(=O)C1CCN(C(=O)CCOc2ccccc2)CC1)Cc1ccccc1. The van der Waals surface area contributed by atoms with E-state index in [1.807, 2.05) is 41.3 Å². The molecule has 1 N–H and O–H groups in total. The van der Waals surface area contributed by atoms with Gasteiger partial charge in [0, 0.05) is 31.6 Å². The van der Waals surface area contributed by atoms with Crippen LogP contribution in [0.4, 0.5) is 0 Å². The lowest BCUT2D eigenvalue weighted by atomic mass is 9.95. The first-order valence-corrected chi connectivity index (χ1v) is 12.6. The second kappa shape index (κ2) is 13.8. The van der Waals surface area contributed by atoms with Gasteiger partial charge in [-0.05, 0) is 50.0 Å². The molecule has 1 atom stereocenters. The number of likely N-dealkylation sites (N-methyl/N-ethyl adjacent to an activating group) is 1. The molecule has 0 radical (unpaired) electrons. The zero-order chi connectivity index (χ0) is 24.2. The first kappa shape index (κ1) is 25.8. The molecule has 1 unspecified atom stereocenters. The molecule has 1 fully saturated rings. The van der Waals surface area contributed by atoms with E-state index in [9.17, 15) is 9.59 Å². The molecule has 2 aromatic rings. The van der Waals surface area contributed by atoms with Crippen LogP contribution in [0.15, 0.2) is 60.7 Å². The minimum absolute atomic E-state index is 0.0290. The summed E-state index contributed by atoms with van der Waals surface area (Å²) in [5, 5.41) is 3.21. The van der Waals surface area contributed by atoms with Gasteiger partial charge < -0.3 is 15.0 Å². The van der Waals surface area contributed by atoms with Crippen LogP contribution in [-0.2, 0) is 16.0 Å². The van der Waals surface area contributed by atoms with Crippen LogP contribution in [0.3, 0.4) is 0 Å². The van der Waals surface area contributed by atoms with E-state index in [-0.39, 0.29) is 23.8 Å². The monoisotopic (exact) mass is 465 g/mol. The Morgan fingerprint density at radius 3 is 2.24 bits per heavy atom. The summed E-state index contributed by atoms with van der Waals surface area (Å²) in [6.07, 6.45) is 2.70. The molecule has 2 aromatic carbocycles. The second-order valence-corrected chi connectivity index (χ2v) is 8.88. The molecular formula is C28H39N3O3. The van der Waals surface area contributed by atoms with Crippen LogP contribution in [0.25, 0.3) is 0 Å². The van der Waals surface area contributed by atoms with Gasteiger partial charge in [-0.3, -0.25) is 14.5 Å². The highest BCUT2D eigenvalue weighted by atomic mass is 16.5. The first-order valence-electron chi connectivity index (χ1n) is 12.6. The minimum atomic E-state index is -0.0290. The number of piperidine rings is 1. The molecule has 0 aliphatic carbocycles. The number of likely N-dealkylation sites (tertiary alicyclic amines) is 1. The van der Waals surface area contributed by atoms with Gasteiger partial charge in [-0.25, -0.2) is 0 Å². The molecule has 6 heteroatoms. The van der Waals surface area contributed by atoms with Crippen LogP contribution in [0.1, 0.15) is 38.7 Å². The zero-order valence-corrected chi connectivity index (χ0v) is 20.6. The number of carbonyl (C=O) groups excluding carboxylic acids is 2. The molecule has 0 aromatic heterocycles. The predicted octanol–water partition coefficient (Wildman–Crippen LogP) is 3.76. The Morgan fingerprint density at radius 2 is 1.62 bits per heavy atom. The molecule has 0 spiro atoms. The van der Waals surface area contributed by atoms with Gasteiger partial charge in [-0.15, -0.1) is 0 Å². The summed E-state index contributed by atoms with van der Waals surface area (Å²) in [6.45, 7) is 8.53. The van der Waals surface area contributed by atoms with E-state index in [2.05, 4.69) is 48.3 Å². The molecule has 6 nitrogen and oxygen atoms in total. The highest BCUT2D eigenvalue weighted by Gasteiger charge is 2.28. The molecule has 1 heterocycles. The maximum atomic E-state index is 12.9. The van der Waals surface area contributed by atoms with Crippen molar-refractivity contribution in [2.75, 3.05) is 39.3 Å². The fraction of sp³-hybridized carbons (Fsp3) is 0.500. The van der Waals surface area contributed by atoms with E-state index in [4.69, 9.17) is 4.74 Å². The molecular weight excluding hydrogens is 426 g/mol. The summed E-state index contributed by atoms with van der Waals surface area (Å²) in [6, 6.07) is 20.3. The number of nitrogens with zero attached hydrogens (tertiary/aromatic N) is 2. The second-order valence-electron chi connectivity index (χ2n) is 8.88. The number of rotatable bonds is 12. The molecule has 1 saturated heterocycles. The average molecular weight is 466 g/mol. The van der Waals surface area contributed by atoms with Gasteiger partial charge in [0.25, 0.3) is 0 Å². The number of carbonyl (C=O) groups is 2. The number of para-hydroxylation sites is 1. The van der Waals surface area contributed by atoms with Crippen molar-refractivity contribution in [3.05, 3.63) is 66.2 Å². The zero-order valence-electron chi connectivity index (χ0n) is 20.6. The maximum Gasteiger partial charge on any atom is 0.225 e. The van der Waals surface area contributed by atoms with Crippen molar-refractivity contribution in [2.24, 2.45) is 5.92 Å². The third-order valence-corrected chi connectivity index (χ3v) is 6.70. The Balaban J connectivity index is 1.41. The van der Waals surface area contributed by atoms with E-state index < -0.39 is 0 Å². The van der Waals surface area contributed by atoms with Crippen molar-refractivity contribution in [3.63, 3.8) is 0 Å². The van der Waals surface area contributed by atoms with Crippen LogP contribution in [0, 0.1) is 5.92 Å². The molecule has 34 heavy (non-hydrogen) atoms. The Bertz CT molecular complexity index is 863. The van der Waals surface area contributed by atoms with Crippen molar-refractivity contribution >= 4 is 11.8 Å². The van der Waals surface area contributed by atoms with Crippen molar-refractivity contribution in [2.45, 2.75) is 45.6 Å². The third-order valence-electron chi connectivity index (χ3n) is 6.70. The average Bonchev–Trinajstić information content (AvgIpc) is 2.89. The van der Waals surface area contributed by atoms with E-state index in [0.717, 1.165) is 25.3 Å². The number of hydrogen-bond donors (Lipinski definition) is 1. The van der Waals surface area contributed by atoms with Crippen LogP contribution < -0.4 is 10.1 Å². The molecule has 1 aliphatic rings. The van der Waals surface area contributed by atoms with Crippen LogP contribution >= 0.6 is 0 Å². The number of nitrogens with one attached hydrogen (secondary N) is 1. The lowest BCUT2D eigenvalue weighted by Gasteiger charge is -2.33. The molecule has 2 amide bonds. The lowest BCUT2D eigenvalue weighted by molar-refractivity contribution is -0.136. The largest absolute Gasteiger partial charge is 0.493 e. The van der Waals surface area contributed by atoms with Crippen molar-refractivity contribution in [3.8, 4) is 5.75 Å². The van der Waals surface area contributed by atoms with Gasteiger partial charge >= 0.3 is 0 Å². The number of benzene rings is 2. The van der Waals surface area contributed by atoms with E-state index in [1.54, 1.807) is 0 Å². The van der Waals surface area contributed by atoms with Gasteiger partial charge in [0.2, 0.25) is 11.8 Å². The quantitative estimate of drug-likeness (QED) is 0.518. The van der Waals surface area contributed by atoms with E-state index in [1.165, 1.54) is 5.56 Å². The van der Waals surface area contributed by atoms with E-state index >= 15 is 0 Å². The van der Waals surface area contributed by atoms with Crippen LogP contribution in [0.2, 0.25) is 0 Å². The summed E-state index contributed by atoms with van der Waals surface area (Å²) >= 11 is 0. The smallest absolute Gasteiger partial charge is 0.225 e. The van der Waals surface area contributed by atoms with Gasteiger partial charge in [0.1, 0.15) is 5.75 Å². The van der Waals surface area contributed by atoms with Crippen LogP contribution in [-0.4, -0.2) is 67.0 Å². The first-order chi connectivity index (χ1) is 16.6. The summed E-state index contributed by atoms with van der Waals surface area (Å²) in [5.74, 6) is 0.962.